The molecule has 1 atom stereocenters. The highest BCUT2D eigenvalue weighted by Crippen LogP contribution is 2.46. The standard InChI is InChI=1S/C22H27N3O5S/c1-4-30-21(29)22(24-16(26)9-10-23-11-12-25(2)3)13-31-20-17(22)18(27)14-7-5-6-8-15(14)19(20)28/h5-8,23H,4,9-13H2,1-3H3,(H,24,26). The maximum absolute atomic E-state index is 13.3. The van der Waals surface area contributed by atoms with E-state index in [1.54, 1.807) is 31.2 Å². The quantitative estimate of drug-likeness (QED) is 0.429. The molecule has 1 aromatic rings. The maximum atomic E-state index is 13.3. The summed E-state index contributed by atoms with van der Waals surface area (Å²) in [6.07, 6.45) is 0.126. The zero-order valence-electron chi connectivity index (χ0n) is 17.9. The zero-order chi connectivity index (χ0) is 22.6. The Morgan fingerprint density at radius 2 is 1.81 bits per heavy atom. The first-order valence-electron chi connectivity index (χ1n) is 10.2. The van der Waals surface area contributed by atoms with Crippen molar-refractivity contribution in [3.8, 4) is 0 Å². The minimum Gasteiger partial charge on any atom is -0.464 e. The van der Waals surface area contributed by atoms with Crippen molar-refractivity contribution in [1.29, 1.82) is 0 Å². The Bertz CT molecular complexity index is 943. The topological polar surface area (TPSA) is 105 Å². The molecule has 0 spiro atoms. The van der Waals surface area contributed by atoms with Crippen molar-refractivity contribution < 1.29 is 23.9 Å². The zero-order valence-corrected chi connectivity index (χ0v) is 18.8. The van der Waals surface area contributed by atoms with Crippen LogP contribution in [0.4, 0.5) is 0 Å². The number of ether oxygens (including phenoxy) is 1. The van der Waals surface area contributed by atoms with Crippen LogP contribution in [0.3, 0.4) is 0 Å². The summed E-state index contributed by atoms with van der Waals surface area (Å²) in [6.45, 7) is 3.72. The van der Waals surface area contributed by atoms with E-state index in [1.807, 2.05) is 19.0 Å². The van der Waals surface area contributed by atoms with Gasteiger partial charge in [0.25, 0.3) is 0 Å². The highest BCUT2D eigenvalue weighted by molar-refractivity contribution is 8.04. The summed E-state index contributed by atoms with van der Waals surface area (Å²) in [5.41, 5.74) is -1.10. The van der Waals surface area contributed by atoms with E-state index >= 15 is 0 Å². The summed E-state index contributed by atoms with van der Waals surface area (Å²) in [7, 11) is 3.92. The van der Waals surface area contributed by atoms with Crippen molar-refractivity contribution in [2.75, 3.05) is 46.1 Å². The molecular weight excluding hydrogens is 418 g/mol. The van der Waals surface area contributed by atoms with E-state index in [1.165, 1.54) is 0 Å². The summed E-state index contributed by atoms with van der Waals surface area (Å²) in [6, 6.07) is 6.53. The van der Waals surface area contributed by atoms with Gasteiger partial charge in [-0.05, 0) is 21.0 Å². The van der Waals surface area contributed by atoms with Crippen LogP contribution in [-0.4, -0.2) is 80.0 Å². The second-order valence-electron chi connectivity index (χ2n) is 7.67. The molecule has 0 fully saturated rings. The number of nitrogens with zero attached hydrogens (tertiary/aromatic N) is 1. The lowest BCUT2D eigenvalue weighted by atomic mass is 9.79. The largest absolute Gasteiger partial charge is 0.464 e. The molecule has 0 saturated carbocycles. The molecule has 0 saturated heterocycles. The van der Waals surface area contributed by atoms with Gasteiger partial charge in [-0.2, -0.15) is 0 Å². The van der Waals surface area contributed by atoms with Crippen molar-refractivity contribution in [1.82, 2.24) is 15.5 Å². The fourth-order valence-corrected chi connectivity index (χ4v) is 4.97. The number of ketones is 2. The normalized spacial score (nSPS) is 20.0. The average Bonchev–Trinajstić information content (AvgIpc) is 3.12. The molecule has 1 unspecified atom stereocenters. The molecule has 166 valence electrons. The smallest absolute Gasteiger partial charge is 0.337 e. The Hall–Kier alpha value is -2.49. The minimum absolute atomic E-state index is 0.0218. The highest BCUT2D eigenvalue weighted by atomic mass is 32.2. The predicted octanol–water partition coefficient (Wildman–Crippen LogP) is 1.03. The summed E-state index contributed by atoms with van der Waals surface area (Å²) in [4.78, 5) is 54.3. The van der Waals surface area contributed by atoms with Crippen LogP contribution in [-0.2, 0) is 14.3 Å². The molecule has 1 aromatic carbocycles. The lowest BCUT2D eigenvalue weighted by molar-refractivity contribution is -0.150. The van der Waals surface area contributed by atoms with E-state index in [2.05, 4.69) is 10.6 Å². The molecule has 31 heavy (non-hydrogen) atoms. The number of fused-ring (bicyclic) bond motifs is 1. The van der Waals surface area contributed by atoms with Gasteiger partial charge in [0.1, 0.15) is 0 Å². The Balaban J connectivity index is 1.85. The van der Waals surface area contributed by atoms with Gasteiger partial charge >= 0.3 is 5.97 Å². The first-order valence-corrected chi connectivity index (χ1v) is 11.2. The van der Waals surface area contributed by atoms with Gasteiger partial charge in [-0.1, -0.05) is 24.3 Å². The number of carbonyl (C=O) groups is 4. The average molecular weight is 446 g/mol. The van der Waals surface area contributed by atoms with Crippen LogP contribution in [0.1, 0.15) is 34.1 Å². The molecule has 9 heteroatoms. The number of allylic oxidation sites excluding steroid dienone is 1. The third-order valence-corrected chi connectivity index (χ3v) is 6.43. The summed E-state index contributed by atoms with van der Waals surface area (Å²) >= 11 is 1.11. The van der Waals surface area contributed by atoms with Gasteiger partial charge in [-0.15, -0.1) is 11.8 Å². The Morgan fingerprint density at radius 3 is 2.45 bits per heavy atom. The Labute approximate surface area is 185 Å². The van der Waals surface area contributed by atoms with Gasteiger partial charge in [0.15, 0.2) is 11.3 Å². The van der Waals surface area contributed by atoms with Crippen molar-refractivity contribution in [3.05, 3.63) is 45.9 Å². The third kappa shape index (κ3) is 4.58. The van der Waals surface area contributed by atoms with Crippen molar-refractivity contribution in [3.63, 3.8) is 0 Å². The summed E-state index contributed by atoms with van der Waals surface area (Å²) in [5.74, 6) is -1.80. The van der Waals surface area contributed by atoms with Crippen LogP contribution in [0.5, 0.6) is 0 Å². The van der Waals surface area contributed by atoms with Crippen LogP contribution in [0.25, 0.3) is 0 Å². The van der Waals surface area contributed by atoms with Crippen LogP contribution < -0.4 is 10.6 Å². The van der Waals surface area contributed by atoms with Gasteiger partial charge < -0.3 is 20.3 Å². The minimum atomic E-state index is -1.67. The molecule has 0 bridgehead atoms. The molecular formula is C22H27N3O5S. The van der Waals surface area contributed by atoms with E-state index < -0.39 is 17.3 Å². The number of carbonyl (C=O) groups excluding carboxylic acids is 4. The molecule has 1 aliphatic carbocycles. The number of hydrogen-bond donors (Lipinski definition) is 2. The van der Waals surface area contributed by atoms with Crippen molar-refractivity contribution in [2.45, 2.75) is 18.9 Å². The number of amides is 1. The van der Waals surface area contributed by atoms with E-state index in [0.717, 1.165) is 24.9 Å². The molecule has 0 radical (unpaired) electrons. The number of benzene rings is 1. The first-order chi connectivity index (χ1) is 14.8. The molecule has 2 N–H and O–H groups in total. The van der Waals surface area contributed by atoms with Crippen LogP contribution in [0.2, 0.25) is 0 Å². The molecule has 0 aromatic heterocycles. The monoisotopic (exact) mass is 445 g/mol. The lowest BCUT2D eigenvalue weighted by Gasteiger charge is -2.31. The van der Waals surface area contributed by atoms with Crippen molar-refractivity contribution in [2.24, 2.45) is 0 Å². The molecule has 1 heterocycles. The number of thioether (sulfide) groups is 1. The molecule has 1 aliphatic heterocycles. The Morgan fingerprint density at radius 1 is 1.13 bits per heavy atom. The Kier molecular flexibility index (Phi) is 7.30. The van der Waals surface area contributed by atoms with E-state index in [-0.39, 0.29) is 46.5 Å². The number of nitrogens with one attached hydrogen (secondary N) is 2. The predicted molar refractivity (Wildman–Crippen MR) is 118 cm³/mol. The fourth-order valence-electron chi connectivity index (χ4n) is 3.63. The number of hydrogen-bond acceptors (Lipinski definition) is 8. The number of Topliss-reactive ketones (excluding diaryl/α,β-unsaturated/α-hetero) is 2. The highest BCUT2D eigenvalue weighted by Gasteiger charge is 2.56. The molecule has 8 nitrogen and oxygen atoms in total. The van der Waals surface area contributed by atoms with Gasteiger partial charge in [-0.3, -0.25) is 14.4 Å². The van der Waals surface area contributed by atoms with Gasteiger partial charge in [0.2, 0.25) is 11.7 Å². The lowest BCUT2D eigenvalue weighted by Crippen LogP contribution is -2.59. The first kappa shape index (κ1) is 23.2. The summed E-state index contributed by atoms with van der Waals surface area (Å²) < 4.78 is 5.23. The second kappa shape index (κ2) is 9.76. The van der Waals surface area contributed by atoms with Crippen LogP contribution in [0.15, 0.2) is 34.7 Å². The third-order valence-electron chi connectivity index (χ3n) is 5.18. The molecule has 3 rings (SSSR count). The SMILES string of the molecule is CCOC(=O)C1(NC(=O)CCNCCN(C)C)CSC2=C1C(=O)c1ccccc1C2=O. The van der Waals surface area contributed by atoms with Crippen LogP contribution >= 0.6 is 11.8 Å². The summed E-state index contributed by atoms with van der Waals surface area (Å²) in [5, 5.41) is 5.91. The van der Waals surface area contributed by atoms with Gasteiger partial charge in [0, 0.05) is 42.9 Å². The van der Waals surface area contributed by atoms with E-state index in [0.29, 0.717) is 12.1 Å². The maximum Gasteiger partial charge on any atom is 0.337 e. The van der Waals surface area contributed by atoms with E-state index in [4.69, 9.17) is 4.74 Å². The fraction of sp³-hybridized carbons (Fsp3) is 0.455. The number of rotatable bonds is 9. The van der Waals surface area contributed by atoms with E-state index in [9.17, 15) is 19.2 Å². The number of esters is 1. The van der Waals surface area contributed by atoms with Crippen molar-refractivity contribution >= 4 is 35.2 Å². The van der Waals surface area contributed by atoms with Crippen LogP contribution in [0, 0.1) is 0 Å². The molecule has 2 aliphatic rings. The molecule has 1 amide bonds. The second-order valence-corrected chi connectivity index (χ2v) is 8.66. The van der Waals surface area contributed by atoms with Gasteiger partial charge in [0.05, 0.1) is 17.1 Å². The van der Waals surface area contributed by atoms with Gasteiger partial charge in [-0.25, -0.2) is 4.79 Å². The number of likely N-dealkylation sites (N-methyl/N-ethyl adjacent to an activating group) is 1.